The fourth-order valence-corrected chi connectivity index (χ4v) is 4.11. The Hall–Kier alpha value is -1.46. The number of piperazine rings is 1. The van der Waals surface area contributed by atoms with E-state index in [9.17, 15) is 13.2 Å². The van der Waals surface area contributed by atoms with E-state index in [4.69, 9.17) is 16.8 Å². The van der Waals surface area contributed by atoms with E-state index >= 15 is 0 Å². The summed E-state index contributed by atoms with van der Waals surface area (Å²) >= 11 is 5.82. The highest BCUT2D eigenvalue weighted by Crippen LogP contribution is 2.17. The quantitative estimate of drug-likeness (QED) is 0.472. The Kier molecular flexibility index (Phi) is 6.58. The van der Waals surface area contributed by atoms with Gasteiger partial charge in [-0.1, -0.05) is 25.4 Å². The van der Waals surface area contributed by atoms with Crippen molar-refractivity contribution in [2.75, 3.05) is 31.1 Å². The summed E-state index contributed by atoms with van der Waals surface area (Å²) in [7, 11) is -3.85. The third-order valence-electron chi connectivity index (χ3n) is 3.95. The van der Waals surface area contributed by atoms with Crippen molar-refractivity contribution in [3.8, 4) is 0 Å². The molecular formula is C14H22ClN5O4S. The highest BCUT2D eigenvalue weighted by molar-refractivity contribution is 7.87. The van der Waals surface area contributed by atoms with Gasteiger partial charge in [0.25, 0.3) is 16.1 Å². The van der Waals surface area contributed by atoms with E-state index in [0.29, 0.717) is 18.1 Å². The molecule has 1 amide bonds. The largest absolute Gasteiger partial charge is 0.354 e. The monoisotopic (exact) mass is 391 g/mol. The van der Waals surface area contributed by atoms with Crippen molar-refractivity contribution in [2.24, 2.45) is 5.92 Å². The van der Waals surface area contributed by atoms with Crippen LogP contribution < -0.4 is 15.1 Å². The van der Waals surface area contributed by atoms with E-state index in [1.807, 2.05) is 4.90 Å². The van der Waals surface area contributed by atoms with Gasteiger partial charge >= 0.3 is 0 Å². The number of nitrogens with zero attached hydrogens (tertiary/aromatic N) is 3. The van der Waals surface area contributed by atoms with Crippen LogP contribution >= 0.6 is 11.6 Å². The molecule has 140 valence electrons. The summed E-state index contributed by atoms with van der Waals surface area (Å²) in [5.41, 5.74) is 1.49. The number of carbonyl (C=O) groups is 1. The summed E-state index contributed by atoms with van der Waals surface area (Å²) in [6, 6.07) is 2.46. The van der Waals surface area contributed by atoms with Crippen LogP contribution in [0.1, 0.15) is 13.8 Å². The lowest BCUT2D eigenvalue weighted by molar-refractivity contribution is -0.131. The maximum atomic E-state index is 12.5. The Bertz CT molecular complexity index is 690. The maximum absolute atomic E-state index is 12.5. The van der Waals surface area contributed by atoms with Crippen LogP contribution in [-0.4, -0.2) is 61.0 Å². The molecule has 0 aliphatic carbocycles. The molecule has 1 saturated heterocycles. The zero-order valence-corrected chi connectivity index (χ0v) is 15.6. The third kappa shape index (κ3) is 5.02. The van der Waals surface area contributed by atoms with Gasteiger partial charge in [0.05, 0.1) is 5.02 Å². The second-order valence-corrected chi connectivity index (χ2v) is 8.18. The molecule has 25 heavy (non-hydrogen) atoms. The lowest BCUT2D eigenvalue weighted by atomic mass is 10.1. The molecule has 3 N–H and O–H groups in total. The molecule has 0 aromatic carbocycles. The number of hydrogen-bond donors (Lipinski definition) is 3. The van der Waals surface area contributed by atoms with Gasteiger partial charge < -0.3 is 4.90 Å². The lowest BCUT2D eigenvalue weighted by Gasteiger charge is -2.35. The molecule has 2 rings (SSSR count). The molecule has 11 heteroatoms. The van der Waals surface area contributed by atoms with Gasteiger partial charge in [0.1, 0.15) is 11.9 Å². The molecule has 0 spiro atoms. The zero-order valence-electron chi connectivity index (χ0n) is 14.0. The van der Waals surface area contributed by atoms with E-state index in [2.05, 4.69) is 9.71 Å². The molecule has 2 heterocycles. The Labute approximate surface area is 152 Å². The van der Waals surface area contributed by atoms with Gasteiger partial charge in [0.2, 0.25) is 0 Å². The van der Waals surface area contributed by atoms with Crippen molar-refractivity contribution in [1.82, 2.24) is 19.5 Å². The number of anilines is 1. The number of hydroxylamine groups is 1. The average molecular weight is 392 g/mol. The molecule has 1 unspecified atom stereocenters. The van der Waals surface area contributed by atoms with E-state index in [1.54, 1.807) is 32.2 Å². The van der Waals surface area contributed by atoms with Gasteiger partial charge in [0, 0.05) is 32.4 Å². The van der Waals surface area contributed by atoms with Crippen molar-refractivity contribution in [1.29, 1.82) is 0 Å². The van der Waals surface area contributed by atoms with Crippen LogP contribution in [0.15, 0.2) is 18.3 Å². The first-order valence-electron chi connectivity index (χ1n) is 7.82. The zero-order chi connectivity index (χ0) is 18.6. The van der Waals surface area contributed by atoms with Gasteiger partial charge in [-0.15, -0.1) is 0 Å². The van der Waals surface area contributed by atoms with Crippen molar-refractivity contribution in [2.45, 2.75) is 19.9 Å². The number of carbonyl (C=O) groups excluding carboxylic acids is 1. The summed E-state index contributed by atoms with van der Waals surface area (Å²) < 4.78 is 28.6. The van der Waals surface area contributed by atoms with Gasteiger partial charge in [-0.25, -0.2) is 10.5 Å². The first-order chi connectivity index (χ1) is 11.7. The van der Waals surface area contributed by atoms with E-state index in [1.165, 1.54) is 9.79 Å². The predicted octanol–water partition coefficient (Wildman–Crippen LogP) is 0.221. The van der Waals surface area contributed by atoms with Gasteiger partial charge in [0.15, 0.2) is 0 Å². The molecule has 1 aliphatic heterocycles. The van der Waals surface area contributed by atoms with Crippen LogP contribution in [0, 0.1) is 5.92 Å². The minimum absolute atomic E-state index is 0.255. The molecule has 1 atom stereocenters. The summed E-state index contributed by atoms with van der Waals surface area (Å²) in [4.78, 5) is 17.8. The van der Waals surface area contributed by atoms with E-state index < -0.39 is 22.2 Å². The SMILES string of the molecule is CC(C)C(NS(=O)(=O)N1CCN(c2ccc(Cl)cn2)CC1)C(=O)NO. The maximum Gasteiger partial charge on any atom is 0.280 e. The Morgan fingerprint density at radius 1 is 1.28 bits per heavy atom. The highest BCUT2D eigenvalue weighted by Gasteiger charge is 2.33. The van der Waals surface area contributed by atoms with Crippen LogP contribution in [0.3, 0.4) is 0 Å². The minimum atomic E-state index is -3.85. The van der Waals surface area contributed by atoms with Gasteiger partial charge in [-0.05, 0) is 18.1 Å². The van der Waals surface area contributed by atoms with Gasteiger partial charge in [-0.3, -0.25) is 10.0 Å². The minimum Gasteiger partial charge on any atom is -0.354 e. The molecule has 0 radical (unpaired) electrons. The molecule has 1 aromatic heterocycles. The van der Waals surface area contributed by atoms with E-state index in [-0.39, 0.29) is 19.0 Å². The number of aromatic nitrogens is 1. The van der Waals surface area contributed by atoms with Crippen LogP contribution in [0.25, 0.3) is 0 Å². The van der Waals surface area contributed by atoms with Crippen molar-refractivity contribution in [3.63, 3.8) is 0 Å². The summed E-state index contributed by atoms with van der Waals surface area (Å²) in [5, 5.41) is 9.31. The molecule has 0 bridgehead atoms. The first-order valence-corrected chi connectivity index (χ1v) is 9.64. The summed E-state index contributed by atoms with van der Waals surface area (Å²) in [6.45, 7) is 4.82. The predicted molar refractivity (Wildman–Crippen MR) is 93.6 cm³/mol. The molecular weight excluding hydrogens is 370 g/mol. The van der Waals surface area contributed by atoms with E-state index in [0.717, 1.165) is 5.82 Å². The highest BCUT2D eigenvalue weighted by atomic mass is 35.5. The topological polar surface area (TPSA) is 115 Å². The number of rotatable bonds is 6. The second-order valence-electron chi connectivity index (χ2n) is 6.04. The average Bonchev–Trinajstić information content (AvgIpc) is 2.59. The number of pyridine rings is 1. The normalized spacial score (nSPS) is 17.6. The Morgan fingerprint density at radius 2 is 1.92 bits per heavy atom. The van der Waals surface area contributed by atoms with Crippen LogP contribution in [0.2, 0.25) is 5.02 Å². The van der Waals surface area contributed by atoms with Crippen molar-refractivity contribution in [3.05, 3.63) is 23.4 Å². The van der Waals surface area contributed by atoms with Crippen molar-refractivity contribution >= 4 is 33.5 Å². The molecule has 0 saturated carbocycles. The Balaban J connectivity index is 2.00. The summed E-state index contributed by atoms with van der Waals surface area (Å²) in [6.07, 6.45) is 1.54. The van der Waals surface area contributed by atoms with Crippen LogP contribution in [-0.2, 0) is 15.0 Å². The number of halogens is 1. The molecule has 1 fully saturated rings. The van der Waals surface area contributed by atoms with Crippen LogP contribution in [0.5, 0.6) is 0 Å². The summed E-state index contributed by atoms with van der Waals surface area (Å²) in [5.74, 6) is -0.377. The lowest BCUT2D eigenvalue weighted by Crippen LogP contribution is -2.57. The molecule has 1 aromatic rings. The smallest absolute Gasteiger partial charge is 0.280 e. The standard InChI is InChI=1S/C14H22ClN5O4S/c1-10(2)13(14(21)17-22)18-25(23,24)20-7-5-19(6-8-20)12-4-3-11(15)9-16-12/h3-4,9-10,13,18,22H,5-8H2,1-2H3,(H,17,21). The fraction of sp³-hybridized carbons (Fsp3) is 0.571. The molecule has 1 aliphatic rings. The van der Waals surface area contributed by atoms with Crippen molar-refractivity contribution < 1.29 is 18.4 Å². The first kappa shape index (κ1) is 19.9. The second kappa shape index (κ2) is 8.28. The number of amides is 1. The Morgan fingerprint density at radius 3 is 2.40 bits per heavy atom. The molecule has 9 nitrogen and oxygen atoms in total. The van der Waals surface area contributed by atoms with Crippen LogP contribution in [0.4, 0.5) is 5.82 Å². The van der Waals surface area contributed by atoms with Gasteiger partial charge in [-0.2, -0.15) is 17.4 Å². The number of nitrogens with one attached hydrogen (secondary N) is 2. The fourth-order valence-electron chi connectivity index (χ4n) is 2.51. The third-order valence-corrected chi connectivity index (χ3v) is 5.77. The number of hydrogen-bond acceptors (Lipinski definition) is 6.